The number of hydrogen-bond donors (Lipinski definition) is 2. The zero-order chi connectivity index (χ0) is 20.4. The Bertz CT molecular complexity index is 1120. The average molecular weight is 392 g/mol. The van der Waals surface area contributed by atoms with Crippen LogP contribution in [0.2, 0.25) is 0 Å². The predicted molar refractivity (Wildman–Crippen MR) is 111 cm³/mol. The smallest absolute Gasteiger partial charge is 0.222 e. The van der Waals surface area contributed by atoms with E-state index in [0.717, 1.165) is 39.4 Å². The largest absolute Gasteiger partial charge is 0.477 e. The Morgan fingerprint density at radius 1 is 1.31 bits per heavy atom. The van der Waals surface area contributed by atoms with Crippen molar-refractivity contribution in [2.75, 3.05) is 11.9 Å². The van der Waals surface area contributed by atoms with Crippen LogP contribution in [-0.2, 0) is 6.54 Å². The van der Waals surface area contributed by atoms with Crippen LogP contribution in [0.3, 0.4) is 0 Å². The maximum Gasteiger partial charge on any atom is 0.222 e. The lowest BCUT2D eigenvalue weighted by Crippen LogP contribution is -2.07. The van der Waals surface area contributed by atoms with Crippen molar-refractivity contribution >= 4 is 16.7 Å². The monoisotopic (exact) mass is 392 g/mol. The van der Waals surface area contributed by atoms with E-state index in [2.05, 4.69) is 39.6 Å². The van der Waals surface area contributed by atoms with Crippen LogP contribution in [0.1, 0.15) is 38.2 Å². The van der Waals surface area contributed by atoms with Crippen molar-refractivity contribution in [3.8, 4) is 17.1 Å². The predicted octanol–water partition coefficient (Wildman–Crippen LogP) is 3.51. The summed E-state index contributed by atoms with van der Waals surface area (Å²) < 4.78 is 7.72. The fourth-order valence-electron chi connectivity index (χ4n) is 3.26. The highest BCUT2D eigenvalue weighted by Gasteiger charge is 2.19. The summed E-state index contributed by atoms with van der Waals surface area (Å²) in [6, 6.07) is 6.07. The number of rotatable bonds is 7. The number of ether oxygens (including phenoxy) is 1. The third-order valence-corrected chi connectivity index (χ3v) is 4.56. The fraction of sp³-hybridized carbons (Fsp3) is 0.350. The molecule has 4 heterocycles. The number of aromatic nitrogens is 7. The minimum absolute atomic E-state index is 0.198. The minimum atomic E-state index is 0.198. The molecule has 29 heavy (non-hydrogen) atoms. The van der Waals surface area contributed by atoms with E-state index in [-0.39, 0.29) is 6.04 Å². The fourth-order valence-corrected chi connectivity index (χ4v) is 3.26. The molecule has 0 aromatic carbocycles. The van der Waals surface area contributed by atoms with Gasteiger partial charge in [-0.15, -0.1) is 0 Å². The summed E-state index contributed by atoms with van der Waals surface area (Å²) >= 11 is 0. The molecule has 0 saturated heterocycles. The second-order valence-corrected chi connectivity index (χ2v) is 6.98. The van der Waals surface area contributed by atoms with Crippen LogP contribution >= 0.6 is 0 Å². The minimum Gasteiger partial charge on any atom is -0.477 e. The van der Waals surface area contributed by atoms with Gasteiger partial charge < -0.3 is 10.1 Å². The van der Waals surface area contributed by atoms with Crippen LogP contribution in [0.25, 0.3) is 22.3 Å². The van der Waals surface area contributed by atoms with Crippen LogP contribution in [0, 0.1) is 6.92 Å². The molecule has 0 fully saturated rings. The molecule has 0 aliphatic heterocycles. The number of pyridine rings is 2. The van der Waals surface area contributed by atoms with E-state index in [4.69, 9.17) is 14.8 Å². The van der Waals surface area contributed by atoms with Gasteiger partial charge in [-0.2, -0.15) is 20.5 Å². The van der Waals surface area contributed by atoms with Gasteiger partial charge in [-0.1, -0.05) is 0 Å². The second-order valence-electron chi connectivity index (χ2n) is 6.98. The van der Waals surface area contributed by atoms with Gasteiger partial charge in [-0.25, -0.2) is 9.97 Å². The summed E-state index contributed by atoms with van der Waals surface area (Å²) in [7, 11) is 0. The van der Waals surface area contributed by atoms with Crippen LogP contribution in [0.5, 0.6) is 5.88 Å². The van der Waals surface area contributed by atoms with E-state index in [1.54, 1.807) is 12.4 Å². The normalized spacial score (nSPS) is 11.3. The quantitative estimate of drug-likeness (QED) is 0.495. The lowest BCUT2D eigenvalue weighted by atomic mass is 10.1. The highest BCUT2D eigenvalue weighted by molar-refractivity contribution is 5.93. The average Bonchev–Trinajstić information content (AvgIpc) is 3.35. The number of anilines is 1. The first-order chi connectivity index (χ1) is 14.1. The van der Waals surface area contributed by atoms with Crippen molar-refractivity contribution in [2.24, 2.45) is 0 Å². The van der Waals surface area contributed by atoms with Gasteiger partial charge in [0.2, 0.25) is 5.88 Å². The molecule has 0 saturated carbocycles. The molecule has 4 aromatic heterocycles. The number of nitrogens with one attached hydrogen (secondary N) is 2. The molecule has 0 atom stereocenters. The molecule has 0 unspecified atom stereocenters. The first-order valence-electron chi connectivity index (χ1n) is 9.65. The molecule has 0 aliphatic carbocycles. The molecule has 9 heteroatoms. The first-order valence-corrected chi connectivity index (χ1v) is 9.65. The highest BCUT2D eigenvalue weighted by atomic mass is 16.5. The summed E-state index contributed by atoms with van der Waals surface area (Å²) in [5, 5.41) is 18.8. The van der Waals surface area contributed by atoms with E-state index < -0.39 is 0 Å². The first kappa shape index (κ1) is 18.9. The Morgan fingerprint density at radius 3 is 2.90 bits per heavy atom. The second kappa shape index (κ2) is 7.86. The Morgan fingerprint density at radius 2 is 2.17 bits per heavy atom. The van der Waals surface area contributed by atoms with Crippen molar-refractivity contribution in [1.82, 2.24) is 35.2 Å². The number of hydrogen-bond acceptors (Lipinski definition) is 7. The van der Waals surface area contributed by atoms with Crippen molar-refractivity contribution in [3.63, 3.8) is 0 Å². The molecule has 2 N–H and O–H groups in total. The van der Waals surface area contributed by atoms with Gasteiger partial charge in [0.25, 0.3) is 0 Å². The lowest BCUT2D eigenvalue weighted by molar-refractivity contribution is 0.328. The van der Waals surface area contributed by atoms with Crippen LogP contribution in [0.15, 0.2) is 30.6 Å². The van der Waals surface area contributed by atoms with Crippen LogP contribution in [-0.4, -0.2) is 41.8 Å². The van der Waals surface area contributed by atoms with E-state index in [0.29, 0.717) is 19.0 Å². The van der Waals surface area contributed by atoms with Crippen molar-refractivity contribution in [1.29, 1.82) is 0 Å². The zero-order valence-electron chi connectivity index (χ0n) is 17.0. The number of aryl methyl sites for hydroxylation is 1. The number of nitrogens with zero attached hydrogens (tertiary/aromatic N) is 6. The van der Waals surface area contributed by atoms with Gasteiger partial charge in [-0.05, 0) is 45.9 Å². The molecule has 4 aromatic rings. The van der Waals surface area contributed by atoms with Gasteiger partial charge in [-0.3, -0.25) is 4.68 Å². The molecule has 0 spiro atoms. The summed E-state index contributed by atoms with van der Waals surface area (Å²) in [6.45, 7) is 9.20. The molecular formula is C20H24N8O. The number of aromatic amines is 1. The highest BCUT2D eigenvalue weighted by Crippen LogP contribution is 2.34. The van der Waals surface area contributed by atoms with E-state index in [1.165, 1.54) is 0 Å². The lowest BCUT2D eigenvalue weighted by Gasteiger charge is -2.14. The van der Waals surface area contributed by atoms with E-state index in [1.807, 2.05) is 36.7 Å². The van der Waals surface area contributed by atoms with Gasteiger partial charge in [0, 0.05) is 12.2 Å². The van der Waals surface area contributed by atoms with Gasteiger partial charge >= 0.3 is 0 Å². The summed E-state index contributed by atoms with van der Waals surface area (Å²) in [5.74, 6) is 0.568. The van der Waals surface area contributed by atoms with Crippen molar-refractivity contribution in [3.05, 3.63) is 42.0 Å². The van der Waals surface area contributed by atoms with E-state index >= 15 is 0 Å². The van der Waals surface area contributed by atoms with Gasteiger partial charge in [0.05, 0.1) is 42.0 Å². The molecule has 0 aliphatic rings. The van der Waals surface area contributed by atoms with Crippen LogP contribution in [0.4, 0.5) is 5.69 Å². The van der Waals surface area contributed by atoms with E-state index in [9.17, 15) is 0 Å². The Kier molecular flexibility index (Phi) is 5.11. The van der Waals surface area contributed by atoms with Crippen molar-refractivity contribution in [2.45, 2.75) is 40.3 Å². The van der Waals surface area contributed by atoms with Gasteiger partial charge in [0.15, 0.2) is 0 Å². The molecule has 4 rings (SSSR count). The Labute approximate surface area is 168 Å². The third kappa shape index (κ3) is 3.63. The third-order valence-electron chi connectivity index (χ3n) is 4.56. The summed E-state index contributed by atoms with van der Waals surface area (Å²) in [5.41, 5.74) is 6.06. The molecule has 0 bridgehead atoms. The van der Waals surface area contributed by atoms with Crippen LogP contribution < -0.4 is 10.1 Å². The molecule has 150 valence electrons. The number of fused-ring (bicyclic) bond motifs is 1. The molecule has 0 amide bonds. The van der Waals surface area contributed by atoms with Crippen molar-refractivity contribution < 1.29 is 4.74 Å². The number of H-pyrrole nitrogens is 1. The maximum atomic E-state index is 5.72. The standard InChI is InChI=1S/C20H24N8O/c1-5-29-20-15(7-6-8-21-20)16-9-17(22-10-14-11-23-27-25-14)19-18(24-16)13(4)26-28(19)12(2)3/h6-9,11-12H,5,10H2,1-4H3,(H,22,24)(H,23,25,27). The maximum absolute atomic E-state index is 5.72. The zero-order valence-corrected chi connectivity index (χ0v) is 17.0. The Hall–Kier alpha value is -3.49. The Balaban J connectivity index is 1.88. The molecule has 0 radical (unpaired) electrons. The molecular weight excluding hydrogens is 368 g/mol. The summed E-state index contributed by atoms with van der Waals surface area (Å²) in [6.07, 6.45) is 3.42. The van der Waals surface area contributed by atoms with Gasteiger partial charge in [0.1, 0.15) is 16.7 Å². The summed E-state index contributed by atoms with van der Waals surface area (Å²) in [4.78, 5) is 9.29. The topological polar surface area (TPSA) is 106 Å². The SMILES string of the molecule is CCOc1ncccc1-c1cc(NCc2cn[nH]n2)c2c(n1)c(C)nn2C(C)C. The molecule has 9 nitrogen and oxygen atoms in total.